The number of aromatic nitrogens is 6. The zero-order chi connectivity index (χ0) is 28.1. The number of tetrazole rings is 1. The van der Waals surface area contributed by atoms with E-state index in [0.717, 1.165) is 65.7 Å². The van der Waals surface area contributed by atoms with E-state index >= 15 is 0 Å². The molecule has 7 nitrogen and oxygen atoms in total. The van der Waals surface area contributed by atoms with Gasteiger partial charge in [0.1, 0.15) is 0 Å². The average Bonchev–Trinajstić information content (AvgIpc) is 3.62. The van der Waals surface area contributed by atoms with Gasteiger partial charge in [0.2, 0.25) is 5.82 Å². The van der Waals surface area contributed by atoms with Gasteiger partial charge >= 0.3 is 5.69 Å². The number of aryl methyl sites for hydroxylation is 2. The number of H-pyrrole nitrogens is 1. The molecule has 40 heavy (non-hydrogen) atoms. The molecule has 7 heteroatoms. The number of nitrogens with zero attached hydrogens (tertiary/aromatic N) is 5. The summed E-state index contributed by atoms with van der Waals surface area (Å²) in [5, 5.41) is 14.6. The quantitative estimate of drug-likeness (QED) is 0.186. The van der Waals surface area contributed by atoms with Crippen LogP contribution in [0.15, 0.2) is 77.7 Å². The van der Waals surface area contributed by atoms with Gasteiger partial charge in [-0.1, -0.05) is 107 Å². The first-order chi connectivity index (χ1) is 19.5. The van der Waals surface area contributed by atoms with Crippen molar-refractivity contribution >= 4 is 0 Å². The van der Waals surface area contributed by atoms with Crippen molar-refractivity contribution in [3.8, 4) is 28.2 Å². The minimum absolute atomic E-state index is 0.0285. The van der Waals surface area contributed by atoms with Crippen LogP contribution in [0.2, 0.25) is 0 Å². The van der Waals surface area contributed by atoms with Crippen LogP contribution in [-0.2, 0) is 19.4 Å². The SMILES string of the molecule is CCCCCc1cn(-c2c(CC)cccc2C(C)C)c(=O)n1Cc1ccc(-c2ccccc2-c2nn[nH]n2)cc1. The molecule has 5 aromatic rings. The van der Waals surface area contributed by atoms with Gasteiger partial charge in [-0.15, -0.1) is 10.2 Å². The number of nitrogens with one attached hydrogen (secondary N) is 1. The van der Waals surface area contributed by atoms with Crippen LogP contribution in [0.5, 0.6) is 0 Å². The molecule has 5 rings (SSSR count). The fourth-order valence-electron chi connectivity index (χ4n) is 5.45. The number of imidazole rings is 1. The number of hydrogen-bond donors (Lipinski definition) is 1. The lowest BCUT2D eigenvalue weighted by Gasteiger charge is -2.16. The Morgan fingerprint density at radius 1 is 0.900 bits per heavy atom. The van der Waals surface area contributed by atoms with Gasteiger partial charge in [0.25, 0.3) is 0 Å². The average molecular weight is 535 g/mol. The van der Waals surface area contributed by atoms with E-state index in [2.05, 4.69) is 103 Å². The third kappa shape index (κ3) is 5.55. The molecule has 0 amide bonds. The van der Waals surface area contributed by atoms with Crippen LogP contribution in [0.4, 0.5) is 0 Å². The minimum atomic E-state index is 0.0285. The molecule has 1 N–H and O–H groups in total. The summed E-state index contributed by atoms with van der Waals surface area (Å²) in [6.07, 6.45) is 7.22. The molecule has 0 saturated carbocycles. The highest BCUT2D eigenvalue weighted by Crippen LogP contribution is 2.30. The molecule has 0 aliphatic heterocycles. The van der Waals surface area contributed by atoms with Crippen LogP contribution >= 0.6 is 0 Å². The van der Waals surface area contributed by atoms with E-state index in [1.54, 1.807) is 0 Å². The molecular formula is C33H38N6O. The summed E-state index contributed by atoms with van der Waals surface area (Å²) in [5.74, 6) is 0.889. The van der Waals surface area contributed by atoms with Crippen LogP contribution in [0.25, 0.3) is 28.2 Å². The van der Waals surface area contributed by atoms with E-state index in [1.807, 2.05) is 27.3 Å². The Kier molecular flexibility index (Phi) is 8.39. The molecule has 0 unspecified atom stereocenters. The maximum absolute atomic E-state index is 14.0. The second-order valence-corrected chi connectivity index (χ2v) is 10.7. The van der Waals surface area contributed by atoms with Crippen molar-refractivity contribution in [2.24, 2.45) is 0 Å². The van der Waals surface area contributed by atoms with Gasteiger partial charge in [-0.2, -0.15) is 5.21 Å². The Bertz CT molecular complexity index is 1610. The molecule has 0 radical (unpaired) electrons. The summed E-state index contributed by atoms with van der Waals surface area (Å²) in [6, 6.07) is 22.9. The van der Waals surface area contributed by atoms with Gasteiger partial charge < -0.3 is 0 Å². The van der Waals surface area contributed by atoms with E-state index in [0.29, 0.717) is 18.3 Å². The van der Waals surface area contributed by atoms with Crippen molar-refractivity contribution in [3.05, 3.63) is 106 Å². The maximum atomic E-state index is 14.0. The third-order valence-electron chi connectivity index (χ3n) is 7.61. The molecule has 0 bridgehead atoms. The fourth-order valence-corrected chi connectivity index (χ4v) is 5.45. The van der Waals surface area contributed by atoms with Crippen molar-refractivity contribution < 1.29 is 0 Å². The predicted molar refractivity (Wildman–Crippen MR) is 161 cm³/mol. The first-order valence-corrected chi connectivity index (χ1v) is 14.4. The van der Waals surface area contributed by atoms with E-state index in [1.165, 1.54) is 11.1 Å². The Morgan fingerprint density at radius 3 is 2.35 bits per heavy atom. The first kappa shape index (κ1) is 27.3. The van der Waals surface area contributed by atoms with Crippen molar-refractivity contribution in [3.63, 3.8) is 0 Å². The van der Waals surface area contributed by atoms with Gasteiger partial charge in [-0.25, -0.2) is 4.79 Å². The van der Waals surface area contributed by atoms with Crippen molar-refractivity contribution in [1.82, 2.24) is 29.8 Å². The van der Waals surface area contributed by atoms with Crippen LogP contribution < -0.4 is 5.69 Å². The Hall–Kier alpha value is -4.26. The zero-order valence-corrected chi connectivity index (χ0v) is 23.9. The van der Waals surface area contributed by atoms with E-state index < -0.39 is 0 Å². The number of hydrogen-bond acceptors (Lipinski definition) is 4. The highest BCUT2D eigenvalue weighted by Gasteiger charge is 2.19. The van der Waals surface area contributed by atoms with E-state index in [4.69, 9.17) is 0 Å². The molecule has 2 aromatic heterocycles. The van der Waals surface area contributed by atoms with E-state index in [9.17, 15) is 4.79 Å². The van der Waals surface area contributed by atoms with Gasteiger partial charge in [0.15, 0.2) is 0 Å². The second kappa shape index (κ2) is 12.3. The Morgan fingerprint density at radius 2 is 1.68 bits per heavy atom. The monoisotopic (exact) mass is 534 g/mol. The summed E-state index contributed by atoms with van der Waals surface area (Å²) in [5.41, 5.74) is 8.70. The lowest BCUT2D eigenvalue weighted by Crippen LogP contribution is -2.26. The van der Waals surface area contributed by atoms with Gasteiger partial charge in [-0.05, 0) is 58.2 Å². The molecule has 0 aliphatic rings. The second-order valence-electron chi connectivity index (χ2n) is 10.7. The molecule has 206 valence electrons. The number of aromatic amines is 1. The molecule has 0 aliphatic carbocycles. The molecule has 0 atom stereocenters. The summed E-state index contributed by atoms with van der Waals surface area (Å²) < 4.78 is 3.87. The number of benzene rings is 3. The third-order valence-corrected chi connectivity index (χ3v) is 7.61. The lowest BCUT2D eigenvalue weighted by molar-refractivity contribution is 0.652. The van der Waals surface area contributed by atoms with Crippen LogP contribution in [0.3, 0.4) is 0 Å². The zero-order valence-electron chi connectivity index (χ0n) is 23.9. The maximum Gasteiger partial charge on any atom is 0.333 e. The molecule has 0 saturated heterocycles. The van der Waals surface area contributed by atoms with Crippen LogP contribution in [0.1, 0.15) is 75.3 Å². The number of unbranched alkanes of at least 4 members (excludes halogenated alkanes) is 2. The predicted octanol–water partition coefficient (Wildman–Crippen LogP) is 6.95. The van der Waals surface area contributed by atoms with Crippen molar-refractivity contribution in [1.29, 1.82) is 0 Å². The van der Waals surface area contributed by atoms with Gasteiger partial charge in [0.05, 0.1) is 12.2 Å². The summed E-state index contributed by atoms with van der Waals surface area (Å²) >= 11 is 0. The highest BCUT2D eigenvalue weighted by atomic mass is 16.1. The molecule has 0 spiro atoms. The summed E-state index contributed by atoms with van der Waals surface area (Å²) in [6.45, 7) is 9.29. The smallest absolute Gasteiger partial charge is 0.292 e. The Labute approximate surface area is 235 Å². The molecule has 3 aromatic carbocycles. The highest BCUT2D eigenvalue weighted by molar-refractivity contribution is 5.80. The van der Waals surface area contributed by atoms with E-state index in [-0.39, 0.29) is 5.69 Å². The summed E-state index contributed by atoms with van der Waals surface area (Å²) in [4.78, 5) is 14.0. The lowest BCUT2D eigenvalue weighted by atomic mass is 9.96. The molecule has 2 heterocycles. The molecular weight excluding hydrogens is 496 g/mol. The Balaban J connectivity index is 1.52. The number of para-hydroxylation sites is 1. The fraction of sp³-hybridized carbons (Fsp3) is 0.333. The normalized spacial score (nSPS) is 11.4. The van der Waals surface area contributed by atoms with Crippen LogP contribution in [0, 0.1) is 0 Å². The van der Waals surface area contributed by atoms with Gasteiger partial charge in [0, 0.05) is 17.5 Å². The first-order valence-electron chi connectivity index (χ1n) is 14.4. The largest absolute Gasteiger partial charge is 0.333 e. The number of rotatable bonds is 11. The van der Waals surface area contributed by atoms with Crippen molar-refractivity contribution in [2.45, 2.75) is 72.3 Å². The van der Waals surface area contributed by atoms with Gasteiger partial charge in [-0.3, -0.25) is 9.13 Å². The van der Waals surface area contributed by atoms with Crippen LogP contribution in [-0.4, -0.2) is 29.8 Å². The van der Waals surface area contributed by atoms with Crippen molar-refractivity contribution in [2.75, 3.05) is 0 Å². The standard InChI is InChI=1S/C33H38N6O/c1-5-7-8-13-27-22-39(31-25(6-2)12-11-16-28(31)23(3)4)33(40)38(27)21-24-17-19-26(20-18-24)29-14-9-10-15-30(29)32-34-36-37-35-32/h9-12,14-20,22-23H,5-8,13,21H2,1-4H3,(H,34,35,36,37). The summed E-state index contributed by atoms with van der Waals surface area (Å²) in [7, 11) is 0. The molecule has 0 fully saturated rings. The topological polar surface area (TPSA) is 81.4 Å². The minimum Gasteiger partial charge on any atom is -0.292 e.